The molecule has 3 rings (SSSR count). The fraction of sp³-hybridized carbons (Fsp3) is 0.474. The summed E-state index contributed by atoms with van der Waals surface area (Å²) in [5, 5.41) is 13.2. The SMILES string of the molecule is Cc1nccn1-c1ccc(CNC(=O)CC2(O)CCCCC2)cc1F. The zero-order valence-corrected chi connectivity index (χ0v) is 14.5. The number of amides is 1. The van der Waals surface area contributed by atoms with Gasteiger partial charge in [0.1, 0.15) is 11.6 Å². The summed E-state index contributed by atoms with van der Waals surface area (Å²) in [6, 6.07) is 4.89. The fourth-order valence-electron chi connectivity index (χ4n) is 3.44. The molecule has 1 aliphatic rings. The number of nitrogens with zero attached hydrogens (tertiary/aromatic N) is 2. The Morgan fingerprint density at radius 3 is 2.76 bits per heavy atom. The van der Waals surface area contributed by atoms with Crippen LogP contribution >= 0.6 is 0 Å². The number of hydrogen-bond donors (Lipinski definition) is 2. The van der Waals surface area contributed by atoms with E-state index in [0.29, 0.717) is 29.9 Å². The highest BCUT2D eigenvalue weighted by molar-refractivity contribution is 5.77. The molecule has 0 unspecified atom stereocenters. The first-order valence-corrected chi connectivity index (χ1v) is 8.75. The molecular formula is C19H24FN3O2. The molecule has 5 nitrogen and oxygen atoms in total. The van der Waals surface area contributed by atoms with Crippen molar-refractivity contribution in [3.8, 4) is 5.69 Å². The van der Waals surface area contributed by atoms with Crippen molar-refractivity contribution in [2.24, 2.45) is 0 Å². The molecule has 1 amide bonds. The largest absolute Gasteiger partial charge is 0.389 e. The summed E-state index contributed by atoms with van der Waals surface area (Å²) in [6.07, 6.45) is 7.84. The van der Waals surface area contributed by atoms with Crippen molar-refractivity contribution in [2.45, 2.75) is 57.6 Å². The van der Waals surface area contributed by atoms with Crippen LogP contribution in [0.4, 0.5) is 4.39 Å². The van der Waals surface area contributed by atoms with Gasteiger partial charge < -0.3 is 15.0 Å². The van der Waals surface area contributed by atoms with E-state index in [1.54, 1.807) is 29.1 Å². The second-order valence-electron chi connectivity index (χ2n) is 6.87. The number of carbonyl (C=O) groups excluding carboxylic acids is 1. The van der Waals surface area contributed by atoms with Gasteiger partial charge in [-0.3, -0.25) is 4.79 Å². The molecular weight excluding hydrogens is 321 g/mol. The molecule has 0 radical (unpaired) electrons. The van der Waals surface area contributed by atoms with Gasteiger partial charge in [0.15, 0.2) is 0 Å². The molecule has 0 bridgehead atoms. The second kappa shape index (κ2) is 7.35. The summed E-state index contributed by atoms with van der Waals surface area (Å²) in [5.74, 6) is 0.152. The molecule has 0 aliphatic heterocycles. The van der Waals surface area contributed by atoms with Gasteiger partial charge in [0.2, 0.25) is 5.91 Å². The average molecular weight is 345 g/mol. The van der Waals surface area contributed by atoms with Crippen molar-refractivity contribution in [2.75, 3.05) is 0 Å². The molecule has 1 fully saturated rings. The number of nitrogens with one attached hydrogen (secondary N) is 1. The average Bonchev–Trinajstić information content (AvgIpc) is 2.99. The van der Waals surface area contributed by atoms with Gasteiger partial charge in [-0.1, -0.05) is 25.3 Å². The summed E-state index contributed by atoms with van der Waals surface area (Å²) < 4.78 is 16.0. The molecule has 1 saturated carbocycles. The highest BCUT2D eigenvalue weighted by Crippen LogP contribution is 2.30. The first kappa shape index (κ1) is 17.6. The molecule has 1 heterocycles. The lowest BCUT2D eigenvalue weighted by molar-refractivity contribution is -0.127. The molecule has 134 valence electrons. The Labute approximate surface area is 146 Å². The van der Waals surface area contributed by atoms with Crippen molar-refractivity contribution in [1.29, 1.82) is 0 Å². The van der Waals surface area contributed by atoms with E-state index in [2.05, 4.69) is 10.3 Å². The Hall–Kier alpha value is -2.21. The zero-order valence-electron chi connectivity index (χ0n) is 14.5. The van der Waals surface area contributed by atoms with Gasteiger partial charge in [0.25, 0.3) is 0 Å². The predicted octanol–water partition coefficient (Wildman–Crippen LogP) is 3.02. The van der Waals surface area contributed by atoms with Gasteiger partial charge in [0.05, 0.1) is 17.7 Å². The minimum absolute atomic E-state index is 0.113. The van der Waals surface area contributed by atoms with Crippen LogP contribution in [-0.2, 0) is 11.3 Å². The molecule has 2 N–H and O–H groups in total. The van der Waals surface area contributed by atoms with E-state index in [0.717, 1.165) is 19.3 Å². The lowest BCUT2D eigenvalue weighted by atomic mass is 9.82. The lowest BCUT2D eigenvalue weighted by Crippen LogP contribution is -2.38. The van der Waals surface area contributed by atoms with E-state index < -0.39 is 5.60 Å². The molecule has 0 atom stereocenters. The molecule has 0 saturated heterocycles. The van der Waals surface area contributed by atoms with Gasteiger partial charge in [-0.05, 0) is 37.5 Å². The number of carbonyl (C=O) groups is 1. The normalized spacial score (nSPS) is 16.6. The number of aryl methyl sites for hydroxylation is 1. The third-order valence-corrected chi connectivity index (χ3v) is 4.86. The Balaban J connectivity index is 1.59. The highest BCUT2D eigenvalue weighted by atomic mass is 19.1. The summed E-state index contributed by atoms with van der Waals surface area (Å²) in [4.78, 5) is 16.2. The van der Waals surface area contributed by atoms with E-state index in [-0.39, 0.29) is 24.7 Å². The van der Waals surface area contributed by atoms with Crippen LogP contribution in [0.25, 0.3) is 5.69 Å². The zero-order chi connectivity index (χ0) is 17.9. The van der Waals surface area contributed by atoms with E-state index in [1.807, 2.05) is 6.92 Å². The van der Waals surface area contributed by atoms with Crippen LogP contribution in [0.3, 0.4) is 0 Å². The van der Waals surface area contributed by atoms with Crippen LogP contribution in [0.5, 0.6) is 0 Å². The molecule has 1 aliphatic carbocycles. The maximum Gasteiger partial charge on any atom is 0.223 e. The third kappa shape index (κ3) is 4.25. The molecule has 0 spiro atoms. The van der Waals surface area contributed by atoms with Crippen LogP contribution in [0.1, 0.15) is 49.9 Å². The topological polar surface area (TPSA) is 67.2 Å². The third-order valence-electron chi connectivity index (χ3n) is 4.86. The van der Waals surface area contributed by atoms with Crippen LogP contribution in [0, 0.1) is 12.7 Å². The number of aromatic nitrogens is 2. The Morgan fingerprint density at radius 2 is 2.12 bits per heavy atom. The van der Waals surface area contributed by atoms with E-state index in [9.17, 15) is 14.3 Å². The van der Waals surface area contributed by atoms with Crippen LogP contribution < -0.4 is 5.32 Å². The number of rotatable bonds is 5. The molecule has 1 aromatic carbocycles. The summed E-state index contributed by atoms with van der Waals surface area (Å²) in [5.41, 5.74) is 0.237. The summed E-state index contributed by atoms with van der Waals surface area (Å²) in [6.45, 7) is 2.05. The fourth-order valence-corrected chi connectivity index (χ4v) is 3.44. The maximum atomic E-state index is 14.4. The molecule has 1 aromatic heterocycles. The van der Waals surface area contributed by atoms with Gasteiger partial charge in [-0.2, -0.15) is 0 Å². The van der Waals surface area contributed by atoms with Gasteiger partial charge in [-0.25, -0.2) is 9.37 Å². The van der Waals surface area contributed by atoms with Crippen molar-refractivity contribution < 1.29 is 14.3 Å². The summed E-state index contributed by atoms with van der Waals surface area (Å²) >= 11 is 0. The first-order valence-electron chi connectivity index (χ1n) is 8.75. The van der Waals surface area contributed by atoms with Crippen molar-refractivity contribution >= 4 is 5.91 Å². The predicted molar refractivity (Wildman–Crippen MR) is 92.8 cm³/mol. The molecule has 25 heavy (non-hydrogen) atoms. The van der Waals surface area contributed by atoms with E-state index in [4.69, 9.17) is 0 Å². The van der Waals surface area contributed by atoms with E-state index >= 15 is 0 Å². The van der Waals surface area contributed by atoms with Crippen molar-refractivity contribution in [3.05, 3.63) is 47.8 Å². The minimum Gasteiger partial charge on any atom is -0.389 e. The van der Waals surface area contributed by atoms with Crippen molar-refractivity contribution in [3.63, 3.8) is 0 Å². The Morgan fingerprint density at radius 1 is 1.36 bits per heavy atom. The van der Waals surface area contributed by atoms with Crippen LogP contribution in [-0.4, -0.2) is 26.2 Å². The van der Waals surface area contributed by atoms with Crippen molar-refractivity contribution in [1.82, 2.24) is 14.9 Å². The van der Waals surface area contributed by atoms with Gasteiger partial charge >= 0.3 is 0 Å². The first-order chi connectivity index (χ1) is 12.0. The van der Waals surface area contributed by atoms with Crippen LogP contribution in [0.2, 0.25) is 0 Å². The quantitative estimate of drug-likeness (QED) is 0.875. The lowest BCUT2D eigenvalue weighted by Gasteiger charge is -2.31. The monoisotopic (exact) mass is 345 g/mol. The Bertz CT molecular complexity index is 751. The molecule has 6 heteroatoms. The highest BCUT2D eigenvalue weighted by Gasteiger charge is 2.31. The number of imidazole rings is 1. The number of benzene rings is 1. The van der Waals surface area contributed by atoms with Gasteiger partial charge in [-0.15, -0.1) is 0 Å². The minimum atomic E-state index is -0.879. The number of halogens is 1. The van der Waals surface area contributed by atoms with Gasteiger partial charge in [0, 0.05) is 18.9 Å². The maximum absolute atomic E-state index is 14.4. The standard InChI is InChI=1S/C19H24FN3O2/c1-14-21-9-10-23(14)17-6-5-15(11-16(17)20)13-22-18(24)12-19(25)7-3-2-4-8-19/h5-6,9-11,25H,2-4,7-8,12-13H2,1H3,(H,22,24). The Kier molecular flexibility index (Phi) is 5.18. The second-order valence-corrected chi connectivity index (χ2v) is 6.87. The van der Waals surface area contributed by atoms with E-state index in [1.165, 1.54) is 6.07 Å². The smallest absolute Gasteiger partial charge is 0.223 e. The number of aliphatic hydroxyl groups is 1. The van der Waals surface area contributed by atoms with Crippen LogP contribution in [0.15, 0.2) is 30.6 Å². The summed E-state index contributed by atoms with van der Waals surface area (Å²) in [7, 11) is 0. The number of hydrogen-bond acceptors (Lipinski definition) is 3. The molecule has 2 aromatic rings.